The third-order valence-corrected chi connectivity index (χ3v) is 5.84. The van der Waals surface area contributed by atoms with Gasteiger partial charge in [0.1, 0.15) is 18.4 Å². The van der Waals surface area contributed by atoms with Gasteiger partial charge in [-0.1, -0.05) is 30.3 Å². The van der Waals surface area contributed by atoms with Gasteiger partial charge in [0.2, 0.25) is 5.91 Å². The van der Waals surface area contributed by atoms with Gasteiger partial charge >= 0.3 is 0 Å². The number of carbonyl (C=O) groups excluding carboxylic acids is 2. The minimum Gasteiger partial charge on any atom is -0.489 e. The van der Waals surface area contributed by atoms with Gasteiger partial charge in [0.15, 0.2) is 0 Å². The highest BCUT2D eigenvalue weighted by atomic mass is 16.5. The molecule has 2 heterocycles. The number of nitrogens with zero attached hydrogens (tertiary/aromatic N) is 2. The van der Waals surface area contributed by atoms with Crippen LogP contribution in [-0.2, 0) is 22.6 Å². The van der Waals surface area contributed by atoms with Crippen molar-refractivity contribution in [3.8, 4) is 5.75 Å². The van der Waals surface area contributed by atoms with E-state index in [2.05, 4.69) is 4.98 Å². The van der Waals surface area contributed by atoms with Gasteiger partial charge in [-0.2, -0.15) is 0 Å². The van der Waals surface area contributed by atoms with Crippen LogP contribution >= 0.6 is 0 Å². The Balaban J connectivity index is 1.39. The predicted octanol–water partition coefficient (Wildman–Crippen LogP) is 3.55. The minimum atomic E-state index is -0.609. The number of benzene rings is 2. The van der Waals surface area contributed by atoms with Crippen LogP contribution in [0.3, 0.4) is 0 Å². The molecule has 0 bridgehead atoms. The van der Waals surface area contributed by atoms with E-state index in [0.29, 0.717) is 19.6 Å². The number of hydrogen-bond donors (Lipinski definition) is 2. The Morgan fingerprint density at radius 2 is 1.94 bits per heavy atom. The van der Waals surface area contributed by atoms with E-state index in [1.165, 1.54) is 0 Å². The third kappa shape index (κ3) is 4.89. The summed E-state index contributed by atoms with van der Waals surface area (Å²) < 4.78 is 5.99. The molecule has 7 nitrogen and oxygen atoms in total. The fraction of sp³-hybridized carbons (Fsp3) is 0.320. The van der Waals surface area contributed by atoms with Crippen molar-refractivity contribution in [3.63, 3.8) is 0 Å². The Kier molecular flexibility index (Phi) is 6.66. The van der Waals surface area contributed by atoms with E-state index in [1.54, 1.807) is 10.4 Å². The summed E-state index contributed by atoms with van der Waals surface area (Å²) in [5.41, 5.74) is 5.50. The highest BCUT2D eigenvalue weighted by Gasteiger charge is 2.31. The summed E-state index contributed by atoms with van der Waals surface area (Å²) in [6.45, 7) is 2.92. The van der Waals surface area contributed by atoms with Crippen LogP contribution in [0.25, 0.3) is 10.9 Å². The number of amides is 2. The molecule has 2 amide bonds. The van der Waals surface area contributed by atoms with Crippen LogP contribution in [0.5, 0.6) is 5.75 Å². The summed E-state index contributed by atoms with van der Waals surface area (Å²) >= 11 is 0. The Morgan fingerprint density at radius 1 is 1.16 bits per heavy atom. The summed E-state index contributed by atoms with van der Waals surface area (Å²) in [7, 11) is 0. The van der Waals surface area contributed by atoms with Gasteiger partial charge in [-0.3, -0.25) is 19.8 Å². The van der Waals surface area contributed by atoms with Crippen molar-refractivity contribution in [1.29, 1.82) is 0 Å². The van der Waals surface area contributed by atoms with Crippen molar-refractivity contribution in [1.82, 2.24) is 15.4 Å². The monoisotopic (exact) mass is 433 g/mol. The maximum Gasteiger partial charge on any atom is 0.266 e. The Labute approximate surface area is 187 Å². The first kappa shape index (κ1) is 21.8. The molecule has 7 heteroatoms. The largest absolute Gasteiger partial charge is 0.489 e. The van der Waals surface area contributed by atoms with Crippen molar-refractivity contribution >= 4 is 22.7 Å². The molecule has 1 atom stereocenters. The molecule has 166 valence electrons. The normalized spacial score (nSPS) is 16.1. The van der Waals surface area contributed by atoms with Crippen molar-refractivity contribution in [2.75, 3.05) is 6.54 Å². The number of pyridine rings is 1. The molecular weight excluding hydrogens is 406 g/mol. The van der Waals surface area contributed by atoms with Crippen LogP contribution in [0.2, 0.25) is 0 Å². The van der Waals surface area contributed by atoms with Gasteiger partial charge in [0.05, 0.1) is 11.9 Å². The lowest BCUT2D eigenvalue weighted by molar-refractivity contribution is -0.145. The molecule has 0 radical (unpaired) electrons. The van der Waals surface area contributed by atoms with Crippen LogP contribution in [0, 0.1) is 6.92 Å². The van der Waals surface area contributed by atoms with E-state index in [4.69, 9.17) is 9.94 Å². The number of hydroxylamine groups is 1. The second kappa shape index (κ2) is 9.78. The quantitative estimate of drug-likeness (QED) is 0.458. The number of likely N-dealkylation sites (tertiary alicyclic amines) is 1. The van der Waals surface area contributed by atoms with Crippen LogP contribution in [0.4, 0.5) is 0 Å². The van der Waals surface area contributed by atoms with Crippen LogP contribution in [0.1, 0.15) is 36.1 Å². The van der Waals surface area contributed by atoms with E-state index in [1.807, 2.05) is 61.5 Å². The number of para-hydroxylation sites is 1. The topological polar surface area (TPSA) is 91.8 Å². The van der Waals surface area contributed by atoms with Gasteiger partial charge in [0.25, 0.3) is 5.91 Å². The maximum absolute atomic E-state index is 12.8. The molecule has 0 spiro atoms. The summed E-state index contributed by atoms with van der Waals surface area (Å²) in [5, 5.41) is 10.0. The fourth-order valence-electron chi connectivity index (χ4n) is 4.23. The standard InChI is InChI=1S/C25H27N3O4/c1-17-14-19(21-6-2-3-7-22(21)26-17)16-32-20-11-9-18(10-12-20)15-24(29)28-13-5-4-8-23(28)25(30)27-31/h2-3,6-7,9-12,14,23,31H,4-5,8,13,15-16H2,1H3,(H,27,30)/t23-/m1/s1. The van der Waals surface area contributed by atoms with Gasteiger partial charge in [-0.25, -0.2) is 5.48 Å². The molecule has 1 aromatic heterocycles. The van der Waals surface area contributed by atoms with Crippen molar-refractivity contribution in [2.24, 2.45) is 0 Å². The van der Waals surface area contributed by atoms with Crippen LogP contribution < -0.4 is 10.2 Å². The molecule has 1 aliphatic heterocycles. The number of aryl methyl sites for hydroxylation is 1. The van der Waals surface area contributed by atoms with Crippen LogP contribution in [-0.4, -0.2) is 39.5 Å². The fourth-order valence-corrected chi connectivity index (χ4v) is 4.23. The summed E-state index contributed by atoms with van der Waals surface area (Å²) in [4.78, 5) is 30.8. The highest BCUT2D eigenvalue weighted by Crippen LogP contribution is 2.22. The lowest BCUT2D eigenvalue weighted by atomic mass is 10.00. The molecule has 32 heavy (non-hydrogen) atoms. The van der Waals surface area contributed by atoms with E-state index in [9.17, 15) is 9.59 Å². The number of aromatic nitrogens is 1. The lowest BCUT2D eigenvalue weighted by Crippen LogP contribution is -2.51. The van der Waals surface area contributed by atoms with Gasteiger partial charge < -0.3 is 9.64 Å². The van der Waals surface area contributed by atoms with Gasteiger partial charge in [-0.15, -0.1) is 0 Å². The average molecular weight is 434 g/mol. The molecule has 0 unspecified atom stereocenters. The molecule has 2 aromatic carbocycles. The molecule has 1 fully saturated rings. The number of ether oxygens (including phenoxy) is 1. The van der Waals surface area contributed by atoms with Crippen molar-refractivity contribution in [3.05, 3.63) is 71.4 Å². The Hall–Kier alpha value is -3.45. The first-order valence-corrected chi connectivity index (χ1v) is 10.9. The highest BCUT2D eigenvalue weighted by molar-refractivity contribution is 5.88. The molecule has 4 rings (SSSR count). The third-order valence-electron chi connectivity index (χ3n) is 5.84. The molecule has 1 aliphatic rings. The summed E-state index contributed by atoms with van der Waals surface area (Å²) in [5.74, 6) is 0.0709. The second-order valence-corrected chi connectivity index (χ2v) is 8.12. The van der Waals surface area contributed by atoms with Crippen molar-refractivity contribution < 1.29 is 19.5 Å². The zero-order chi connectivity index (χ0) is 22.5. The number of rotatable bonds is 6. The second-order valence-electron chi connectivity index (χ2n) is 8.12. The Morgan fingerprint density at radius 3 is 2.72 bits per heavy atom. The lowest BCUT2D eigenvalue weighted by Gasteiger charge is -2.34. The van der Waals surface area contributed by atoms with E-state index in [-0.39, 0.29) is 12.3 Å². The maximum atomic E-state index is 12.8. The average Bonchev–Trinajstić information content (AvgIpc) is 2.82. The number of carbonyl (C=O) groups is 2. The summed E-state index contributed by atoms with van der Waals surface area (Å²) in [6, 6.07) is 16.9. The van der Waals surface area contributed by atoms with E-state index < -0.39 is 11.9 Å². The smallest absolute Gasteiger partial charge is 0.266 e. The first-order chi connectivity index (χ1) is 15.5. The van der Waals surface area contributed by atoms with E-state index >= 15 is 0 Å². The molecule has 2 N–H and O–H groups in total. The predicted molar refractivity (Wildman–Crippen MR) is 120 cm³/mol. The van der Waals surface area contributed by atoms with Crippen molar-refractivity contribution in [2.45, 2.75) is 45.3 Å². The first-order valence-electron chi connectivity index (χ1n) is 10.9. The van der Waals surface area contributed by atoms with Gasteiger partial charge in [-0.05, 0) is 56.0 Å². The number of hydrogen-bond acceptors (Lipinski definition) is 5. The number of nitrogens with one attached hydrogen (secondary N) is 1. The minimum absolute atomic E-state index is 0.120. The van der Waals surface area contributed by atoms with Gasteiger partial charge in [0, 0.05) is 23.2 Å². The zero-order valence-electron chi connectivity index (χ0n) is 18.1. The molecule has 3 aromatic rings. The number of fused-ring (bicyclic) bond motifs is 1. The molecular formula is C25H27N3O4. The number of piperidine rings is 1. The SMILES string of the molecule is Cc1cc(COc2ccc(CC(=O)N3CCCC[C@@H]3C(=O)NO)cc2)c2ccccc2n1. The molecule has 0 aliphatic carbocycles. The molecule has 0 saturated carbocycles. The zero-order valence-corrected chi connectivity index (χ0v) is 18.1. The van der Waals surface area contributed by atoms with Crippen LogP contribution in [0.15, 0.2) is 54.6 Å². The molecule has 1 saturated heterocycles. The summed E-state index contributed by atoms with van der Waals surface area (Å²) in [6.07, 6.45) is 2.48. The Bertz CT molecular complexity index is 1110. The van der Waals surface area contributed by atoms with E-state index in [0.717, 1.165) is 46.3 Å².